The number of esters is 2. The van der Waals surface area contributed by atoms with Crippen LogP contribution in [-0.4, -0.2) is 25.3 Å². The first-order valence-electron chi connectivity index (χ1n) is 9.07. The summed E-state index contributed by atoms with van der Waals surface area (Å²) in [5, 5.41) is 3.17. The molecule has 0 bridgehead atoms. The Bertz CT molecular complexity index is 967. The van der Waals surface area contributed by atoms with E-state index in [2.05, 4.69) is 0 Å². The molecule has 3 aromatic rings. The predicted octanol–water partition coefficient (Wildman–Crippen LogP) is 4.60. The van der Waals surface area contributed by atoms with Gasteiger partial charge in [0, 0.05) is 34.4 Å². The summed E-state index contributed by atoms with van der Waals surface area (Å²) in [5.74, 6) is -0.0989. The zero-order chi connectivity index (χ0) is 18.8. The van der Waals surface area contributed by atoms with Crippen LogP contribution in [0.5, 0.6) is 5.75 Å². The number of cyclic esters (lactones) is 1. The van der Waals surface area contributed by atoms with E-state index >= 15 is 0 Å². The molecule has 0 aliphatic carbocycles. The van der Waals surface area contributed by atoms with E-state index in [4.69, 9.17) is 14.2 Å². The summed E-state index contributed by atoms with van der Waals surface area (Å²) in [7, 11) is 1.62. The Morgan fingerprint density at radius 2 is 1.56 bits per heavy atom. The first-order chi connectivity index (χ1) is 13.2. The number of fused-ring (bicyclic) bond motifs is 2. The van der Waals surface area contributed by atoms with Gasteiger partial charge in [-0.25, -0.2) is 4.79 Å². The van der Waals surface area contributed by atoms with E-state index in [0.29, 0.717) is 18.4 Å². The Morgan fingerprint density at radius 3 is 2.15 bits per heavy atom. The number of rotatable bonds is 3. The van der Waals surface area contributed by atoms with Crippen molar-refractivity contribution in [1.82, 2.24) is 0 Å². The van der Waals surface area contributed by atoms with Crippen molar-refractivity contribution in [3.63, 3.8) is 0 Å². The maximum absolute atomic E-state index is 13.1. The van der Waals surface area contributed by atoms with Crippen molar-refractivity contribution < 1.29 is 23.8 Å². The van der Waals surface area contributed by atoms with E-state index in [-0.39, 0.29) is 5.97 Å². The fourth-order valence-corrected chi connectivity index (χ4v) is 3.63. The van der Waals surface area contributed by atoms with Crippen LogP contribution in [0.25, 0.3) is 21.5 Å². The number of hydrogen-bond donors (Lipinski definition) is 0. The highest BCUT2D eigenvalue weighted by atomic mass is 16.7. The summed E-state index contributed by atoms with van der Waals surface area (Å²) < 4.78 is 16.5. The molecule has 27 heavy (non-hydrogen) atoms. The van der Waals surface area contributed by atoms with E-state index in [9.17, 15) is 9.59 Å². The van der Waals surface area contributed by atoms with Gasteiger partial charge in [0.25, 0.3) is 0 Å². The van der Waals surface area contributed by atoms with Crippen molar-refractivity contribution >= 4 is 33.5 Å². The number of carbonyl (C=O) groups excluding carboxylic acids is 2. The topological polar surface area (TPSA) is 61.8 Å². The number of methoxy groups -OCH3 is 1. The van der Waals surface area contributed by atoms with E-state index in [1.54, 1.807) is 7.11 Å². The van der Waals surface area contributed by atoms with Crippen molar-refractivity contribution in [3.05, 3.63) is 54.1 Å². The van der Waals surface area contributed by atoms with Gasteiger partial charge in [0.1, 0.15) is 5.75 Å². The van der Waals surface area contributed by atoms with Crippen LogP contribution in [0.1, 0.15) is 36.0 Å². The van der Waals surface area contributed by atoms with Crippen LogP contribution in [-0.2, 0) is 14.3 Å². The lowest BCUT2D eigenvalue weighted by Gasteiger charge is -2.18. The highest BCUT2D eigenvalue weighted by molar-refractivity contribution is 6.19. The van der Waals surface area contributed by atoms with Crippen LogP contribution in [0.15, 0.2) is 48.5 Å². The molecule has 0 saturated carbocycles. The number of ether oxygens (including phenoxy) is 3. The number of hydrogen-bond acceptors (Lipinski definition) is 5. The summed E-state index contributed by atoms with van der Waals surface area (Å²) in [6, 6.07) is 15.1. The molecule has 0 N–H and O–H groups in total. The molecule has 4 rings (SSSR count). The highest BCUT2D eigenvalue weighted by Crippen LogP contribution is 2.38. The van der Waals surface area contributed by atoms with Crippen molar-refractivity contribution in [2.75, 3.05) is 7.11 Å². The van der Waals surface area contributed by atoms with Crippen LogP contribution >= 0.6 is 0 Å². The maximum atomic E-state index is 13.1. The second-order valence-corrected chi connectivity index (χ2v) is 6.57. The Labute approximate surface area is 156 Å². The molecule has 0 spiro atoms. The van der Waals surface area contributed by atoms with Crippen molar-refractivity contribution in [3.8, 4) is 5.75 Å². The van der Waals surface area contributed by atoms with E-state index < -0.39 is 12.3 Å². The summed E-state index contributed by atoms with van der Waals surface area (Å²) in [6.45, 7) is 0. The molecule has 1 atom stereocenters. The molecular weight excluding hydrogens is 344 g/mol. The lowest BCUT2D eigenvalue weighted by atomic mass is 9.95. The average Bonchev–Trinajstić information content (AvgIpc) is 2.89. The first kappa shape index (κ1) is 17.3. The van der Waals surface area contributed by atoms with Crippen molar-refractivity contribution in [2.45, 2.75) is 32.0 Å². The van der Waals surface area contributed by atoms with Gasteiger partial charge in [0.05, 0.1) is 12.7 Å². The van der Waals surface area contributed by atoms with Gasteiger partial charge in [-0.05, 0) is 12.8 Å². The van der Waals surface area contributed by atoms with Crippen molar-refractivity contribution in [1.29, 1.82) is 0 Å². The van der Waals surface area contributed by atoms with Crippen LogP contribution in [0, 0.1) is 0 Å². The molecule has 3 aromatic carbocycles. The van der Waals surface area contributed by atoms with Gasteiger partial charge in [-0.1, -0.05) is 48.5 Å². The summed E-state index contributed by atoms with van der Waals surface area (Å²) in [6.07, 6.45) is 1.58. The third-order valence-corrected chi connectivity index (χ3v) is 4.86. The minimum atomic E-state index is -0.841. The molecule has 0 aromatic heterocycles. The maximum Gasteiger partial charge on any atom is 0.342 e. The molecular formula is C22H20O5. The fraction of sp³-hybridized carbons (Fsp3) is 0.273. The summed E-state index contributed by atoms with van der Waals surface area (Å²) in [4.78, 5) is 24.8. The molecule has 1 aliphatic heterocycles. The van der Waals surface area contributed by atoms with Crippen LogP contribution in [0.2, 0.25) is 0 Å². The van der Waals surface area contributed by atoms with Gasteiger partial charge in [0.2, 0.25) is 6.29 Å². The standard InChI is InChI=1S/C22H20O5/c1-25-21-16-10-4-2-8-14(16)20(15-9-3-5-11-17(15)21)22(24)27-19-13-7-6-12-18(23)26-19/h2-5,8-11,19H,6-7,12-13H2,1H3. The smallest absolute Gasteiger partial charge is 0.342 e. The Balaban J connectivity index is 1.84. The van der Waals surface area contributed by atoms with Crippen LogP contribution < -0.4 is 4.74 Å². The molecule has 1 unspecified atom stereocenters. The summed E-state index contributed by atoms with van der Waals surface area (Å²) in [5.41, 5.74) is 0.460. The number of carbonyl (C=O) groups is 2. The Kier molecular flexibility index (Phi) is 4.67. The monoisotopic (exact) mass is 364 g/mol. The minimum Gasteiger partial charge on any atom is -0.495 e. The largest absolute Gasteiger partial charge is 0.495 e. The zero-order valence-corrected chi connectivity index (χ0v) is 15.1. The van der Waals surface area contributed by atoms with E-state index in [1.165, 1.54) is 0 Å². The van der Waals surface area contributed by atoms with E-state index in [0.717, 1.165) is 40.1 Å². The van der Waals surface area contributed by atoms with Gasteiger partial charge in [-0.15, -0.1) is 0 Å². The SMILES string of the molecule is COc1c2ccccc2c(C(=O)OC2CCCCC(=O)O2)c2ccccc12. The van der Waals surface area contributed by atoms with Crippen LogP contribution in [0.3, 0.4) is 0 Å². The highest BCUT2D eigenvalue weighted by Gasteiger charge is 2.26. The molecule has 1 fully saturated rings. The Morgan fingerprint density at radius 1 is 0.963 bits per heavy atom. The zero-order valence-electron chi connectivity index (χ0n) is 15.1. The second-order valence-electron chi connectivity index (χ2n) is 6.57. The molecule has 138 valence electrons. The van der Waals surface area contributed by atoms with Gasteiger partial charge in [-0.3, -0.25) is 4.79 Å². The predicted molar refractivity (Wildman–Crippen MR) is 102 cm³/mol. The minimum absolute atomic E-state index is 0.324. The average molecular weight is 364 g/mol. The lowest BCUT2D eigenvalue weighted by Crippen LogP contribution is -2.23. The molecule has 5 nitrogen and oxygen atoms in total. The molecule has 0 radical (unpaired) electrons. The molecule has 1 heterocycles. The van der Waals surface area contributed by atoms with Gasteiger partial charge >= 0.3 is 11.9 Å². The molecule has 5 heteroatoms. The van der Waals surface area contributed by atoms with Crippen LogP contribution in [0.4, 0.5) is 0 Å². The van der Waals surface area contributed by atoms with Gasteiger partial charge in [0.15, 0.2) is 0 Å². The quantitative estimate of drug-likeness (QED) is 0.502. The fourth-order valence-electron chi connectivity index (χ4n) is 3.63. The third kappa shape index (κ3) is 3.21. The lowest BCUT2D eigenvalue weighted by molar-refractivity contribution is -0.166. The van der Waals surface area contributed by atoms with E-state index in [1.807, 2.05) is 48.5 Å². The van der Waals surface area contributed by atoms with Gasteiger partial charge in [-0.2, -0.15) is 0 Å². The normalized spacial score (nSPS) is 17.4. The van der Waals surface area contributed by atoms with Gasteiger partial charge < -0.3 is 14.2 Å². The number of benzene rings is 3. The van der Waals surface area contributed by atoms with Crippen molar-refractivity contribution in [2.24, 2.45) is 0 Å². The Hall–Kier alpha value is -3.08. The summed E-state index contributed by atoms with van der Waals surface area (Å²) >= 11 is 0. The second kappa shape index (κ2) is 7.27. The molecule has 0 amide bonds. The molecule has 1 saturated heterocycles. The first-order valence-corrected chi connectivity index (χ1v) is 9.07. The third-order valence-electron chi connectivity index (χ3n) is 4.86. The molecule has 1 aliphatic rings.